The molecule has 0 unspecified atom stereocenters. The lowest BCUT2D eigenvalue weighted by Crippen LogP contribution is -2.47. The molecular formula is C13H23N3O4. The van der Waals surface area contributed by atoms with Gasteiger partial charge in [-0.1, -0.05) is 0 Å². The number of hydrogen-bond acceptors (Lipinski definition) is 4. The van der Waals surface area contributed by atoms with Crippen LogP contribution in [0.4, 0.5) is 4.79 Å². The highest BCUT2D eigenvalue weighted by atomic mass is 16.3. The summed E-state index contributed by atoms with van der Waals surface area (Å²) in [5, 5.41) is 11.4. The van der Waals surface area contributed by atoms with Crippen LogP contribution < -0.4 is 5.32 Å². The van der Waals surface area contributed by atoms with Crippen LogP contribution in [0.3, 0.4) is 0 Å². The van der Waals surface area contributed by atoms with Crippen LogP contribution in [-0.4, -0.2) is 64.0 Å². The van der Waals surface area contributed by atoms with Crippen molar-refractivity contribution in [2.24, 2.45) is 0 Å². The van der Waals surface area contributed by atoms with Gasteiger partial charge in [0.25, 0.3) is 5.91 Å². The first kappa shape index (κ1) is 16.4. The summed E-state index contributed by atoms with van der Waals surface area (Å²) in [5.74, 6) is -0.698. The topological polar surface area (TPSA) is 89.9 Å². The third-order valence-electron chi connectivity index (χ3n) is 3.24. The van der Waals surface area contributed by atoms with Crippen molar-refractivity contribution >= 4 is 17.8 Å². The second kappa shape index (κ2) is 6.21. The molecule has 2 N–H and O–H groups in total. The number of carbonyl (C=O) groups excluding carboxylic acids is 3. The second-order valence-electron chi connectivity index (χ2n) is 5.70. The molecule has 114 valence electrons. The molecule has 7 heteroatoms. The number of aliphatic hydroxyl groups is 1. The van der Waals surface area contributed by atoms with E-state index in [0.717, 1.165) is 4.90 Å². The highest BCUT2D eigenvalue weighted by Crippen LogP contribution is 2.16. The van der Waals surface area contributed by atoms with Gasteiger partial charge in [0, 0.05) is 19.2 Å². The van der Waals surface area contributed by atoms with Crippen molar-refractivity contribution in [1.29, 1.82) is 0 Å². The van der Waals surface area contributed by atoms with E-state index in [4.69, 9.17) is 5.11 Å². The van der Waals surface area contributed by atoms with Gasteiger partial charge in [-0.15, -0.1) is 0 Å². The minimum Gasteiger partial charge on any atom is -0.396 e. The molecule has 0 saturated carbocycles. The zero-order valence-electron chi connectivity index (χ0n) is 12.5. The maximum Gasteiger partial charge on any atom is 0.325 e. The Hall–Kier alpha value is -1.63. The number of rotatable bonds is 6. The largest absolute Gasteiger partial charge is 0.396 e. The molecule has 0 bridgehead atoms. The van der Waals surface area contributed by atoms with Gasteiger partial charge in [0.15, 0.2) is 0 Å². The van der Waals surface area contributed by atoms with E-state index >= 15 is 0 Å². The summed E-state index contributed by atoms with van der Waals surface area (Å²) in [7, 11) is 0. The van der Waals surface area contributed by atoms with Crippen molar-refractivity contribution in [1.82, 2.24) is 15.1 Å². The number of carbonyl (C=O) groups is 3. The minimum absolute atomic E-state index is 0.00728. The third-order valence-corrected chi connectivity index (χ3v) is 3.24. The number of nitrogens with zero attached hydrogens (tertiary/aromatic N) is 2. The Morgan fingerprint density at radius 2 is 2.00 bits per heavy atom. The second-order valence-corrected chi connectivity index (χ2v) is 5.70. The highest BCUT2D eigenvalue weighted by Gasteiger charge is 2.45. The van der Waals surface area contributed by atoms with Gasteiger partial charge < -0.3 is 15.3 Å². The van der Waals surface area contributed by atoms with Crippen molar-refractivity contribution in [2.45, 2.75) is 45.7 Å². The van der Waals surface area contributed by atoms with Crippen LogP contribution in [-0.2, 0) is 9.59 Å². The summed E-state index contributed by atoms with van der Waals surface area (Å²) >= 11 is 0. The van der Waals surface area contributed by atoms with Gasteiger partial charge in [-0.2, -0.15) is 0 Å². The van der Waals surface area contributed by atoms with E-state index in [-0.39, 0.29) is 25.1 Å². The van der Waals surface area contributed by atoms with Crippen LogP contribution in [0.1, 0.15) is 34.1 Å². The van der Waals surface area contributed by atoms with Crippen molar-refractivity contribution in [3.8, 4) is 0 Å². The number of nitrogens with one attached hydrogen (secondary N) is 1. The Kier molecular flexibility index (Phi) is 5.10. The Morgan fingerprint density at radius 3 is 2.40 bits per heavy atom. The molecule has 4 amide bonds. The number of amides is 4. The highest BCUT2D eigenvalue weighted by molar-refractivity contribution is 6.08. The molecule has 1 fully saturated rings. The average molecular weight is 285 g/mol. The molecule has 0 spiro atoms. The van der Waals surface area contributed by atoms with Crippen LogP contribution in [0.2, 0.25) is 0 Å². The predicted octanol–water partition coefficient (Wildman–Crippen LogP) is -0.0638. The molecule has 0 aromatic rings. The molecule has 0 radical (unpaired) electrons. The molecule has 1 heterocycles. The lowest BCUT2D eigenvalue weighted by molar-refractivity contribution is -0.139. The molecular weight excluding hydrogens is 262 g/mol. The van der Waals surface area contributed by atoms with E-state index in [9.17, 15) is 14.4 Å². The summed E-state index contributed by atoms with van der Waals surface area (Å²) < 4.78 is 0. The van der Waals surface area contributed by atoms with Crippen LogP contribution in [0.15, 0.2) is 0 Å². The Bertz CT molecular complexity index is 406. The first-order valence-electron chi connectivity index (χ1n) is 6.75. The first-order chi connectivity index (χ1) is 9.20. The summed E-state index contributed by atoms with van der Waals surface area (Å²) in [6, 6.07) is -0.595. The molecule has 20 heavy (non-hydrogen) atoms. The van der Waals surface area contributed by atoms with Gasteiger partial charge >= 0.3 is 6.03 Å². The molecule has 0 atom stereocenters. The van der Waals surface area contributed by atoms with E-state index in [1.165, 1.54) is 0 Å². The van der Waals surface area contributed by atoms with Gasteiger partial charge in [0.05, 0.1) is 0 Å². The molecule has 1 aliphatic heterocycles. The predicted molar refractivity (Wildman–Crippen MR) is 72.9 cm³/mol. The van der Waals surface area contributed by atoms with Crippen LogP contribution in [0.5, 0.6) is 0 Å². The van der Waals surface area contributed by atoms with Crippen molar-refractivity contribution < 1.29 is 19.5 Å². The summed E-state index contributed by atoms with van der Waals surface area (Å²) in [5.41, 5.74) is -0.967. The molecule has 1 rings (SSSR count). The molecule has 0 aliphatic carbocycles. The lowest BCUT2D eigenvalue weighted by Gasteiger charge is -2.28. The van der Waals surface area contributed by atoms with E-state index in [1.807, 2.05) is 13.8 Å². The summed E-state index contributed by atoms with van der Waals surface area (Å²) in [4.78, 5) is 38.5. The van der Waals surface area contributed by atoms with Gasteiger partial charge in [-0.3, -0.25) is 14.5 Å². The Balaban J connectivity index is 2.73. The zero-order chi connectivity index (χ0) is 15.5. The fourth-order valence-corrected chi connectivity index (χ4v) is 2.10. The Morgan fingerprint density at radius 1 is 1.40 bits per heavy atom. The number of hydrogen-bond donors (Lipinski definition) is 2. The van der Waals surface area contributed by atoms with E-state index in [1.54, 1.807) is 18.7 Å². The SMILES string of the molecule is CC(C)N(CCCO)C(=O)CN1C(=O)NC(C)(C)C1=O. The fraction of sp³-hybridized carbons (Fsp3) is 0.769. The third kappa shape index (κ3) is 3.47. The monoisotopic (exact) mass is 285 g/mol. The smallest absolute Gasteiger partial charge is 0.325 e. The zero-order valence-corrected chi connectivity index (χ0v) is 12.5. The van der Waals surface area contributed by atoms with Crippen molar-refractivity contribution in [2.75, 3.05) is 19.7 Å². The van der Waals surface area contributed by atoms with Crippen molar-refractivity contribution in [3.63, 3.8) is 0 Å². The summed E-state index contributed by atoms with van der Waals surface area (Å²) in [6.45, 7) is 7.04. The average Bonchev–Trinajstić information content (AvgIpc) is 2.51. The lowest BCUT2D eigenvalue weighted by atomic mass is 10.1. The number of aliphatic hydroxyl groups excluding tert-OH is 1. The molecule has 0 aromatic heterocycles. The first-order valence-corrected chi connectivity index (χ1v) is 6.75. The van der Waals surface area contributed by atoms with Gasteiger partial charge in [-0.05, 0) is 34.1 Å². The number of urea groups is 1. The van der Waals surface area contributed by atoms with Crippen LogP contribution in [0, 0.1) is 0 Å². The van der Waals surface area contributed by atoms with Gasteiger partial charge in [0.1, 0.15) is 12.1 Å². The minimum atomic E-state index is -0.967. The van der Waals surface area contributed by atoms with Gasteiger partial charge in [0.2, 0.25) is 5.91 Å². The van der Waals surface area contributed by atoms with E-state index < -0.39 is 17.5 Å². The van der Waals surface area contributed by atoms with E-state index in [2.05, 4.69) is 5.32 Å². The van der Waals surface area contributed by atoms with Crippen LogP contribution >= 0.6 is 0 Å². The normalized spacial score (nSPS) is 17.6. The number of imide groups is 1. The molecule has 0 aromatic carbocycles. The maximum absolute atomic E-state index is 12.2. The van der Waals surface area contributed by atoms with E-state index in [0.29, 0.717) is 13.0 Å². The molecule has 7 nitrogen and oxygen atoms in total. The van der Waals surface area contributed by atoms with Gasteiger partial charge in [-0.25, -0.2) is 4.79 Å². The Labute approximate surface area is 118 Å². The van der Waals surface area contributed by atoms with Crippen LogP contribution in [0.25, 0.3) is 0 Å². The molecule has 1 saturated heterocycles. The maximum atomic E-state index is 12.2. The fourth-order valence-electron chi connectivity index (χ4n) is 2.10. The molecule has 1 aliphatic rings. The standard InChI is InChI=1S/C13H23N3O4/c1-9(2)15(6-5-7-17)10(18)8-16-11(19)13(3,4)14-12(16)20/h9,17H,5-8H2,1-4H3,(H,14,20). The van der Waals surface area contributed by atoms with Crippen molar-refractivity contribution in [3.05, 3.63) is 0 Å². The summed E-state index contributed by atoms with van der Waals surface area (Å²) in [6.07, 6.45) is 0.468. The quantitative estimate of drug-likeness (QED) is 0.669.